The molecule has 0 aliphatic carbocycles. The van der Waals surface area contributed by atoms with Crippen LogP contribution in [0.3, 0.4) is 0 Å². The summed E-state index contributed by atoms with van der Waals surface area (Å²) in [4.78, 5) is 2.19. The first-order valence-electron chi connectivity index (χ1n) is 4.88. The Bertz CT molecular complexity index is 483. The molecule has 8 heteroatoms. The van der Waals surface area contributed by atoms with Gasteiger partial charge in [-0.2, -0.15) is 0 Å². The molecule has 0 saturated carbocycles. The normalized spacial score (nSPS) is 11.1. The molecular formula is C9H12BrN5S2. The van der Waals surface area contributed by atoms with E-state index in [1.165, 1.54) is 16.9 Å². The number of hydrogen-bond acceptors (Lipinski definition) is 7. The Morgan fingerprint density at radius 2 is 2.29 bits per heavy atom. The summed E-state index contributed by atoms with van der Waals surface area (Å²) in [5.74, 6) is 5.26. The van der Waals surface area contributed by atoms with E-state index in [2.05, 4.69) is 54.9 Å². The maximum Gasteiger partial charge on any atom is 0.219 e. The number of nitrogens with one attached hydrogen (secondary N) is 1. The zero-order valence-electron chi connectivity index (χ0n) is 9.18. The second-order valence-corrected chi connectivity index (χ2v) is 6.93. The molecule has 0 spiro atoms. The van der Waals surface area contributed by atoms with Gasteiger partial charge in [0.25, 0.3) is 0 Å². The minimum atomic E-state index is 0.645. The van der Waals surface area contributed by atoms with E-state index in [1.807, 2.05) is 0 Å². The molecule has 0 atom stereocenters. The lowest BCUT2D eigenvalue weighted by molar-refractivity contribution is 0.318. The van der Waals surface area contributed by atoms with E-state index >= 15 is 0 Å². The summed E-state index contributed by atoms with van der Waals surface area (Å²) in [5.41, 5.74) is 3.79. The van der Waals surface area contributed by atoms with Gasteiger partial charge in [-0.25, -0.2) is 5.84 Å². The minimum Gasteiger partial charge on any atom is -0.298 e. The molecule has 5 nitrogen and oxygen atoms in total. The number of nitrogen functional groups attached to an aromatic ring is 1. The third kappa shape index (κ3) is 3.71. The first-order valence-corrected chi connectivity index (χ1v) is 7.36. The zero-order chi connectivity index (χ0) is 12.3. The van der Waals surface area contributed by atoms with Gasteiger partial charge in [0.05, 0.1) is 10.3 Å². The summed E-state index contributed by atoms with van der Waals surface area (Å²) in [6.45, 7) is 1.67. The zero-order valence-corrected chi connectivity index (χ0v) is 12.4. The maximum absolute atomic E-state index is 5.26. The van der Waals surface area contributed by atoms with Crippen LogP contribution in [0.4, 0.5) is 5.13 Å². The van der Waals surface area contributed by atoms with E-state index in [4.69, 9.17) is 5.84 Å². The van der Waals surface area contributed by atoms with Crippen molar-refractivity contribution in [3.8, 4) is 0 Å². The highest BCUT2D eigenvalue weighted by Gasteiger charge is 2.07. The van der Waals surface area contributed by atoms with Gasteiger partial charge < -0.3 is 0 Å². The second-order valence-electron chi connectivity index (χ2n) is 3.58. The van der Waals surface area contributed by atoms with Crippen LogP contribution in [0.2, 0.25) is 0 Å². The Morgan fingerprint density at radius 3 is 2.88 bits per heavy atom. The Morgan fingerprint density at radius 1 is 1.47 bits per heavy atom. The van der Waals surface area contributed by atoms with Crippen LogP contribution in [0.1, 0.15) is 10.6 Å². The number of thiophene rings is 1. The molecule has 0 aromatic carbocycles. The molecule has 0 radical (unpaired) electrons. The van der Waals surface area contributed by atoms with Gasteiger partial charge in [0, 0.05) is 6.54 Å². The molecule has 2 aromatic rings. The molecule has 3 N–H and O–H groups in total. The number of halogens is 1. The second kappa shape index (κ2) is 5.87. The topological polar surface area (TPSA) is 67.1 Å². The summed E-state index contributed by atoms with van der Waals surface area (Å²) in [6.07, 6.45) is 0. The number of nitrogens with zero attached hydrogens (tertiary/aromatic N) is 3. The Balaban J connectivity index is 1.90. The molecule has 0 unspecified atom stereocenters. The first kappa shape index (κ1) is 12.9. The van der Waals surface area contributed by atoms with Gasteiger partial charge >= 0.3 is 0 Å². The molecule has 0 aliphatic heterocycles. The number of hydrogen-bond donors (Lipinski definition) is 2. The van der Waals surface area contributed by atoms with E-state index < -0.39 is 0 Å². The first-order chi connectivity index (χ1) is 8.17. The van der Waals surface area contributed by atoms with Crippen molar-refractivity contribution in [3.05, 3.63) is 25.8 Å². The lowest BCUT2D eigenvalue weighted by atomic mass is 10.3. The van der Waals surface area contributed by atoms with Crippen molar-refractivity contribution in [1.82, 2.24) is 15.1 Å². The number of rotatable bonds is 5. The minimum absolute atomic E-state index is 0.645. The SMILES string of the molecule is CN(Cc1csc(Br)c1)Cc1nnc(NN)s1. The molecule has 0 saturated heterocycles. The van der Waals surface area contributed by atoms with Gasteiger partial charge in [-0.3, -0.25) is 10.3 Å². The third-order valence-electron chi connectivity index (χ3n) is 2.07. The van der Waals surface area contributed by atoms with Crippen LogP contribution in [0, 0.1) is 0 Å². The van der Waals surface area contributed by atoms with Gasteiger partial charge in [-0.15, -0.1) is 21.5 Å². The molecule has 0 bridgehead atoms. The van der Waals surface area contributed by atoms with Crippen molar-refractivity contribution in [2.24, 2.45) is 5.84 Å². The van der Waals surface area contributed by atoms with Gasteiger partial charge in [-0.1, -0.05) is 11.3 Å². The highest BCUT2D eigenvalue weighted by atomic mass is 79.9. The Hall–Kier alpha value is -0.540. The van der Waals surface area contributed by atoms with Crippen LogP contribution in [-0.4, -0.2) is 22.1 Å². The molecule has 2 heterocycles. The fourth-order valence-corrected chi connectivity index (χ4v) is 3.33. The van der Waals surface area contributed by atoms with Crippen molar-refractivity contribution in [3.63, 3.8) is 0 Å². The third-order valence-corrected chi connectivity index (χ3v) is 4.46. The average Bonchev–Trinajstić information content (AvgIpc) is 2.88. The smallest absolute Gasteiger partial charge is 0.219 e. The fourth-order valence-electron chi connectivity index (χ4n) is 1.40. The molecule has 2 aromatic heterocycles. The average molecular weight is 334 g/mol. The monoisotopic (exact) mass is 333 g/mol. The van der Waals surface area contributed by atoms with E-state index in [-0.39, 0.29) is 0 Å². The van der Waals surface area contributed by atoms with Crippen LogP contribution >= 0.6 is 38.6 Å². The molecule has 0 fully saturated rings. The van der Waals surface area contributed by atoms with E-state index in [0.29, 0.717) is 5.13 Å². The quantitative estimate of drug-likeness (QED) is 0.649. The molecule has 17 heavy (non-hydrogen) atoms. The van der Waals surface area contributed by atoms with Crippen LogP contribution in [0.15, 0.2) is 15.2 Å². The summed E-state index contributed by atoms with van der Waals surface area (Å²) >= 11 is 6.63. The molecule has 0 aliphatic rings. The predicted molar refractivity (Wildman–Crippen MR) is 74.9 cm³/mol. The van der Waals surface area contributed by atoms with Crippen LogP contribution in [0.5, 0.6) is 0 Å². The van der Waals surface area contributed by atoms with Crippen LogP contribution in [0.25, 0.3) is 0 Å². The van der Waals surface area contributed by atoms with Crippen molar-refractivity contribution in [1.29, 1.82) is 0 Å². The van der Waals surface area contributed by atoms with Crippen molar-refractivity contribution in [2.45, 2.75) is 13.1 Å². The van der Waals surface area contributed by atoms with Gasteiger partial charge in [0.2, 0.25) is 5.13 Å². The maximum atomic E-state index is 5.26. The number of nitrogens with two attached hydrogens (primary N) is 1. The van der Waals surface area contributed by atoms with E-state index in [9.17, 15) is 0 Å². The largest absolute Gasteiger partial charge is 0.298 e. The van der Waals surface area contributed by atoms with Gasteiger partial charge in [-0.05, 0) is 40.0 Å². The Labute approximate surface area is 116 Å². The number of hydrazine groups is 1. The summed E-state index contributed by atoms with van der Waals surface area (Å²) in [5, 5.41) is 11.7. The van der Waals surface area contributed by atoms with Gasteiger partial charge in [0.15, 0.2) is 0 Å². The fraction of sp³-hybridized carbons (Fsp3) is 0.333. The summed E-state index contributed by atoms with van der Waals surface area (Å²) in [7, 11) is 2.06. The highest BCUT2D eigenvalue weighted by molar-refractivity contribution is 9.11. The summed E-state index contributed by atoms with van der Waals surface area (Å²) < 4.78 is 1.16. The van der Waals surface area contributed by atoms with Crippen LogP contribution in [-0.2, 0) is 13.1 Å². The number of anilines is 1. The van der Waals surface area contributed by atoms with Crippen molar-refractivity contribution < 1.29 is 0 Å². The van der Waals surface area contributed by atoms with E-state index in [1.54, 1.807) is 11.3 Å². The van der Waals surface area contributed by atoms with E-state index in [0.717, 1.165) is 21.9 Å². The molecule has 2 rings (SSSR count). The standard InChI is InChI=1S/C9H12BrN5S2/c1-15(3-6-2-7(10)16-5-6)4-8-13-14-9(12-11)17-8/h2,5H,3-4,11H2,1H3,(H,12,14). The molecule has 0 amide bonds. The molecule has 92 valence electrons. The number of aromatic nitrogens is 2. The highest BCUT2D eigenvalue weighted by Crippen LogP contribution is 2.22. The van der Waals surface area contributed by atoms with Gasteiger partial charge in [0.1, 0.15) is 5.01 Å². The predicted octanol–water partition coefficient (Wildman–Crippen LogP) is 2.28. The van der Waals surface area contributed by atoms with Crippen molar-refractivity contribution in [2.75, 3.05) is 12.5 Å². The lowest BCUT2D eigenvalue weighted by Crippen LogP contribution is -2.16. The lowest BCUT2D eigenvalue weighted by Gasteiger charge is -2.13. The van der Waals surface area contributed by atoms with Crippen LogP contribution < -0.4 is 11.3 Å². The molecular weight excluding hydrogens is 322 g/mol. The summed E-state index contributed by atoms with van der Waals surface area (Å²) in [6, 6.07) is 2.13. The Kier molecular flexibility index (Phi) is 4.46. The van der Waals surface area contributed by atoms with Crippen molar-refractivity contribution >= 4 is 43.7 Å².